The SMILES string of the molecule is O=C1N(CC(O)Cn2c3ccccc3c3ccccc32)CCCC1(F)F. The van der Waals surface area contributed by atoms with Crippen molar-refractivity contribution in [1.29, 1.82) is 0 Å². The maximum atomic E-state index is 13.6. The lowest BCUT2D eigenvalue weighted by Crippen LogP contribution is -2.51. The summed E-state index contributed by atoms with van der Waals surface area (Å²) in [6, 6.07) is 15.8. The Morgan fingerprint density at radius 3 is 2.19 bits per heavy atom. The molecule has 4 nitrogen and oxygen atoms in total. The zero-order valence-corrected chi connectivity index (χ0v) is 14.2. The third kappa shape index (κ3) is 2.84. The van der Waals surface area contributed by atoms with Crippen molar-refractivity contribution in [2.24, 2.45) is 0 Å². The second-order valence-electron chi connectivity index (χ2n) is 6.86. The molecule has 0 spiro atoms. The summed E-state index contributed by atoms with van der Waals surface area (Å²) in [6.45, 7) is 0.414. The van der Waals surface area contributed by atoms with Crippen LogP contribution in [0.2, 0.25) is 0 Å². The van der Waals surface area contributed by atoms with E-state index in [1.165, 1.54) is 0 Å². The summed E-state index contributed by atoms with van der Waals surface area (Å²) >= 11 is 0. The van der Waals surface area contributed by atoms with Gasteiger partial charge in [-0.1, -0.05) is 36.4 Å². The highest BCUT2D eigenvalue weighted by molar-refractivity contribution is 6.07. The molecule has 1 N–H and O–H groups in total. The highest BCUT2D eigenvalue weighted by atomic mass is 19.3. The summed E-state index contributed by atoms with van der Waals surface area (Å²) in [5.41, 5.74) is 1.95. The summed E-state index contributed by atoms with van der Waals surface area (Å²) in [5, 5.41) is 12.7. The van der Waals surface area contributed by atoms with Gasteiger partial charge in [0.1, 0.15) is 0 Å². The fourth-order valence-electron chi connectivity index (χ4n) is 3.83. The number of fused-ring (bicyclic) bond motifs is 3. The molecular weight excluding hydrogens is 338 g/mol. The normalized spacial score (nSPS) is 18.6. The van der Waals surface area contributed by atoms with Crippen molar-refractivity contribution in [2.45, 2.75) is 31.4 Å². The number of carbonyl (C=O) groups is 1. The van der Waals surface area contributed by atoms with Gasteiger partial charge in [0.2, 0.25) is 0 Å². The predicted molar refractivity (Wildman–Crippen MR) is 96.2 cm³/mol. The molecule has 1 atom stereocenters. The van der Waals surface area contributed by atoms with Gasteiger partial charge in [0, 0.05) is 41.3 Å². The highest BCUT2D eigenvalue weighted by Crippen LogP contribution is 2.30. The molecule has 4 rings (SSSR count). The van der Waals surface area contributed by atoms with Crippen LogP contribution in [0.4, 0.5) is 8.78 Å². The smallest absolute Gasteiger partial charge is 0.324 e. The van der Waals surface area contributed by atoms with Crippen molar-refractivity contribution in [3.8, 4) is 0 Å². The lowest BCUT2D eigenvalue weighted by molar-refractivity contribution is -0.165. The number of amides is 1. The summed E-state index contributed by atoms with van der Waals surface area (Å²) in [7, 11) is 0. The molecule has 0 saturated carbocycles. The van der Waals surface area contributed by atoms with Crippen molar-refractivity contribution < 1.29 is 18.7 Å². The zero-order valence-electron chi connectivity index (χ0n) is 14.2. The molecule has 1 unspecified atom stereocenters. The van der Waals surface area contributed by atoms with Gasteiger partial charge in [-0.3, -0.25) is 4.79 Å². The molecule has 1 aliphatic heterocycles. The number of benzene rings is 2. The molecule has 1 saturated heterocycles. The van der Waals surface area contributed by atoms with Crippen LogP contribution in [-0.2, 0) is 11.3 Å². The van der Waals surface area contributed by atoms with Crippen LogP contribution in [0.1, 0.15) is 12.8 Å². The predicted octanol–water partition coefficient (Wildman–Crippen LogP) is 3.41. The van der Waals surface area contributed by atoms with Crippen LogP contribution in [-0.4, -0.2) is 45.6 Å². The molecule has 1 amide bonds. The van der Waals surface area contributed by atoms with E-state index in [-0.39, 0.29) is 26.1 Å². The van der Waals surface area contributed by atoms with Crippen molar-refractivity contribution in [1.82, 2.24) is 9.47 Å². The van der Waals surface area contributed by atoms with E-state index in [2.05, 4.69) is 0 Å². The fraction of sp³-hybridized carbons (Fsp3) is 0.350. The van der Waals surface area contributed by atoms with Crippen molar-refractivity contribution >= 4 is 27.7 Å². The molecule has 2 heterocycles. The van der Waals surface area contributed by atoms with E-state index >= 15 is 0 Å². The molecule has 0 aliphatic carbocycles. The van der Waals surface area contributed by atoms with Crippen LogP contribution in [0.25, 0.3) is 21.8 Å². The van der Waals surface area contributed by atoms with E-state index in [1.807, 2.05) is 53.1 Å². The second-order valence-corrected chi connectivity index (χ2v) is 6.86. The number of alkyl halides is 2. The van der Waals surface area contributed by atoms with Gasteiger partial charge >= 0.3 is 5.92 Å². The zero-order chi connectivity index (χ0) is 18.3. The third-order valence-electron chi connectivity index (χ3n) is 5.02. The van der Waals surface area contributed by atoms with Crippen LogP contribution in [0.5, 0.6) is 0 Å². The Balaban J connectivity index is 1.61. The summed E-state index contributed by atoms with van der Waals surface area (Å²) in [6.07, 6.45) is -1.08. The molecule has 6 heteroatoms. The summed E-state index contributed by atoms with van der Waals surface area (Å²) < 4.78 is 29.2. The Bertz CT molecular complexity index is 914. The van der Waals surface area contributed by atoms with Crippen LogP contribution in [0.15, 0.2) is 48.5 Å². The number of carbonyl (C=O) groups excluding carboxylic acids is 1. The Morgan fingerprint density at radius 1 is 1.00 bits per heavy atom. The monoisotopic (exact) mass is 358 g/mol. The van der Waals surface area contributed by atoms with Gasteiger partial charge in [0.05, 0.1) is 12.6 Å². The Kier molecular flexibility index (Phi) is 4.15. The number of aliphatic hydroxyl groups excluding tert-OH is 1. The first kappa shape index (κ1) is 17.0. The maximum Gasteiger partial charge on any atom is 0.324 e. The minimum atomic E-state index is -3.31. The molecule has 1 aliphatic rings. The second kappa shape index (κ2) is 6.36. The molecule has 3 aromatic rings. The highest BCUT2D eigenvalue weighted by Gasteiger charge is 2.45. The average molecular weight is 358 g/mol. The van der Waals surface area contributed by atoms with E-state index < -0.39 is 24.4 Å². The van der Waals surface area contributed by atoms with E-state index in [1.54, 1.807) is 0 Å². The van der Waals surface area contributed by atoms with E-state index in [9.17, 15) is 18.7 Å². The Morgan fingerprint density at radius 2 is 1.58 bits per heavy atom. The number of rotatable bonds is 4. The van der Waals surface area contributed by atoms with Gasteiger partial charge < -0.3 is 14.6 Å². The largest absolute Gasteiger partial charge is 0.389 e. The van der Waals surface area contributed by atoms with Gasteiger partial charge in [-0.25, -0.2) is 0 Å². The molecule has 1 aromatic heterocycles. The standard InChI is InChI=1S/C20H20F2N2O2/c21-20(22)10-5-11-23(19(20)26)12-14(25)13-24-17-8-3-1-6-15(17)16-7-2-4-9-18(16)24/h1-4,6-9,14,25H,5,10-13H2. The number of halogens is 2. The van der Waals surface area contributed by atoms with E-state index in [0.717, 1.165) is 26.7 Å². The number of para-hydroxylation sites is 2. The molecule has 26 heavy (non-hydrogen) atoms. The van der Waals surface area contributed by atoms with Crippen molar-refractivity contribution in [3.63, 3.8) is 0 Å². The fourth-order valence-corrected chi connectivity index (χ4v) is 3.83. The van der Waals surface area contributed by atoms with E-state index in [0.29, 0.717) is 0 Å². The number of hydrogen-bond acceptors (Lipinski definition) is 2. The van der Waals surface area contributed by atoms with Gasteiger partial charge in [0.15, 0.2) is 0 Å². The number of piperidine rings is 1. The van der Waals surface area contributed by atoms with Gasteiger partial charge in [0.25, 0.3) is 5.91 Å². The van der Waals surface area contributed by atoms with E-state index in [4.69, 9.17) is 0 Å². The minimum Gasteiger partial charge on any atom is -0.389 e. The molecule has 2 aromatic carbocycles. The molecule has 0 radical (unpaired) electrons. The summed E-state index contributed by atoms with van der Waals surface area (Å²) in [5.74, 6) is -4.49. The quantitative estimate of drug-likeness (QED) is 0.777. The van der Waals surface area contributed by atoms with Gasteiger partial charge in [-0.15, -0.1) is 0 Å². The van der Waals surface area contributed by atoms with Crippen molar-refractivity contribution in [3.05, 3.63) is 48.5 Å². The molecular formula is C20H20F2N2O2. The first-order chi connectivity index (χ1) is 12.5. The lowest BCUT2D eigenvalue weighted by Gasteiger charge is -2.33. The first-order valence-electron chi connectivity index (χ1n) is 8.78. The number of hydrogen-bond donors (Lipinski definition) is 1. The Hall–Kier alpha value is -2.47. The topological polar surface area (TPSA) is 45.5 Å². The molecule has 0 bridgehead atoms. The van der Waals surface area contributed by atoms with Gasteiger partial charge in [-0.2, -0.15) is 8.78 Å². The number of aromatic nitrogens is 1. The third-order valence-corrected chi connectivity index (χ3v) is 5.02. The van der Waals surface area contributed by atoms with Crippen LogP contribution >= 0.6 is 0 Å². The summed E-state index contributed by atoms with van der Waals surface area (Å²) in [4.78, 5) is 13.0. The lowest BCUT2D eigenvalue weighted by atomic mass is 10.1. The Labute approximate surface area is 149 Å². The van der Waals surface area contributed by atoms with Crippen LogP contribution in [0.3, 0.4) is 0 Å². The van der Waals surface area contributed by atoms with Crippen LogP contribution in [0, 0.1) is 0 Å². The first-order valence-corrected chi connectivity index (χ1v) is 8.78. The average Bonchev–Trinajstić information content (AvgIpc) is 2.94. The van der Waals surface area contributed by atoms with Crippen molar-refractivity contribution in [2.75, 3.05) is 13.1 Å². The number of β-amino-alcohol motifs (C(OH)–C–C–N with tert-alkyl or cyclic N) is 1. The maximum absolute atomic E-state index is 13.6. The number of likely N-dealkylation sites (tertiary alicyclic amines) is 1. The molecule has 1 fully saturated rings. The number of aliphatic hydroxyl groups is 1. The molecule has 136 valence electrons. The van der Waals surface area contributed by atoms with Gasteiger partial charge in [-0.05, 0) is 18.6 Å². The minimum absolute atomic E-state index is 0.0880. The van der Waals surface area contributed by atoms with Crippen LogP contribution < -0.4 is 0 Å². The number of nitrogens with zero attached hydrogens (tertiary/aromatic N) is 2.